The number of aromatic nitrogens is 4. The first-order valence-corrected chi connectivity index (χ1v) is 3.14. The Morgan fingerprint density at radius 3 is 2.92 bits per heavy atom. The van der Waals surface area contributed by atoms with Gasteiger partial charge in [-0.1, -0.05) is 5.10 Å². The van der Waals surface area contributed by atoms with Crippen molar-refractivity contribution in [3.63, 3.8) is 0 Å². The van der Waals surface area contributed by atoms with Crippen molar-refractivity contribution < 1.29 is 9.53 Å². The Kier molecular flexibility index (Phi) is 2.41. The Bertz CT molecular complexity index is 270. The quantitative estimate of drug-likeness (QED) is 0.563. The number of carbonyl (C=O) groups excluding carboxylic acids is 1. The standard InChI is InChI=1S/C4H8N6O2/c5-3-7-8-9-10(3)1-2-12-4(6)11/h1-2H2,(H2,6,11)(H2,5,7,9). The van der Waals surface area contributed by atoms with E-state index in [-0.39, 0.29) is 12.6 Å². The van der Waals surface area contributed by atoms with Gasteiger partial charge in [-0.05, 0) is 10.4 Å². The molecule has 8 heteroatoms. The smallest absolute Gasteiger partial charge is 0.404 e. The van der Waals surface area contributed by atoms with Crippen molar-refractivity contribution in [2.24, 2.45) is 5.73 Å². The van der Waals surface area contributed by atoms with Gasteiger partial charge in [-0.3, -0.25) is 0 Å². The number of nitrogen functional groups attached to an aromatic ring is 1. The highest BCUT2D eigenvalue weighted by Gasteiger charge is 2.00. The summed E-state index contributed by atoms with van der Waals surface area (Å²) in [5.41, 5.74) is 10.0. The largest absolute Gasteiger partial charge is 0.448 e. The van der Waals surface area contributed by atoms with Crippen LogP contribution in [-0.2, 0) is 11.3 Å². The molecule has 1 aromatic rings. The van der Waals surface area contributed by atoms with Crippen molar-refractivity contribution in [1.29, 1.82) is 0 Å². The zero-order chi connectivity index (χ0) is 8.97. The summed E-state index contributed by atoms with van der Waals surface area (Å²) >= 11 is 0. The molecule has 0 bridgehead atoms. The Morgan fingerprint density at radius 2 is 2.42 bits per heavy atom. The van der Waals surface area contributed by atoms with E-state index in [4.69, 9.17) is 11.5 Å². The van der Waals surface area contributed by atoms with Crippen molar-refractivity contribution >= 4 is 12.0 Å². The summed E-state index contributed by atoms with van der Waals surface area (Å²) in [5, 5.41) is 10.2. The second-order valence-corrected chi connectivity index (χ2v) is 1.93. The SMILES string of the molecule is NC(=O)OCCn1nnnc1N. The first-order valence-electron chi connectivity index (χ1n) is 3.14. The van der Waals surface area contributed by atoms with Crippen molar-refractivity contribution in [1.82, 2.24) is 20.2 Å². The molecule has 12 heavy (non-hydrogen) atoms. The van der Waals surface area contributed by atoms with Gasteiger partial charge in [0.15, 0.2) is 0 Å². The predicted octanol–water partition coefficient (Wildman–Crippen LogP) is -1.65. The van der Waals surface area contributed by atoms with Crippen LogP contribution in [0.15, 0.2) is 0 Å². The van der Waals surface area contributed by atoms with Crippen molar-refractivity contribution in [3.8, 4) is 0 Å². The number of rotatable bonds is 3. The van der Waals surface area contributed by atoms with E-state index in [1.165, 1.54) is 4.68 Å². The van der Waals surface area contributed by atoms with Gasteiger partial charge in [0.2, 0.25) is 5.95 Å². The van der Waals surface area contributed by atoms with Gasteiger partial charge in [0.05, 0.1) is 6.54 Å². The normalized spacial score (nSPS) is 9.67. The van der Waals surface area contributed by atoms with Crippen molar-refractivity contribution in [2.75, 3.05) is 12.3 Å². The van der Waals surface area contributed by atoms with Crippen molar-refractivity contribution in [3.05, 3.63) is 0 Å². The van der Waals surface area contributed by atoms with Gasteiger partial charge in [0.1, 0.15) is 6.61 Å². The summed E-state index contributed by atoms with van der Waals surface area (Å²) in [7, 11) is 0. The Morgan fingerprint density at radius 1 is 1.67 bits per heavy atom. The molecule has 1 aromatic heterocycles. The van der Waals surface area contributed by atoms with Crippen LogP contribution in [0.3, 0.4) is 0 Å². The lowest BCUT2D eigenvalue weighted by atomic mass is 10.7. The van der Waals surface area contributed by atoms with Gasteiger partial charge in [-0.15, -0.1) is 0 Å². The van der Waals surface area contributed by atoms with E-state index in [9.17, 15) is 4.79 Å². The van der Waals surface area contributed by atoms with Crippen LogP contribution in [0.4, 0.5) is 10.7 Å². The van der Waals surface area contributed by atoms with E-state index in [2.05, 4.69) is 20.3 Å². The monoisotopic (exact) mass is 172 g/mol. The van der Waals surface area contributed by atoms with Gasteiger partial charge in [-0.25, -0.2) is 9.48 Å². The molecule has 1 rings (SSSR count). The Labute approximate surface area is 67.5 Å². The highest BCUT2D eigenvalue weighted by atomic mass is 16.5. The minimum absolute atomic E-state index is 0.102. The number of anilines is 1. The highest BCUT2D eigenvalue weighted by molar-refractivity contribution is 5.64. The highest BCUT2D eigenvalue weighted by Crippen LogP contribution is 1.90. The molecule has 8 nitrogen and oxygen atoms in total. The second-order valence-electron chi connectivity index (χ2n) is 1.93. The average molecular weight is 172 g/mol. The van der Waals surface area contributed by atoms with Gasteiger partial charge in [-0.2, -0.15) is 0 Å². The molecule has 0 radical (unpaired) electrons. The lowest BCUT2D eigenvalue weighted by Crippen LogP contribution is -2.18. The number of ether oxygens (including phenoxy) is 1. The Hall–Kier alpha value is -1.86. The molecule has 0 saturated carbocycles. The van der Waals surface area contributed by atoms with Gasteiger partial charge < -0.3 is 16.2 Å². The molecule has 0 atom stereocenters. The Balaban J connectivity index is 2.33. The van der Waals surface area contributed by atoms with Gasteiger partial charge >= 0.3 is 6.09 Å². The van der Waals surface area contributed by atoms with Crippen LogP contribution in [0.2, 0.25) is 0 Å². The summed E-state index contributed by atoms with van der Waals surface area (Å²) in [4.78, 5) is 10.1. The maximum Gasteiger partial charge on any atom is 0.404 e. The molecule has 0 saturated heterocycles. The fraction of sp³-hybridized carbons (Fsp3) is 0.500. The number of primary amides is 1. The number of nitrogens with two attached hydrogens (primary N) is 2. The molecule has 1 heterocycles. The minimum atomic E-state index is -0.832. The van der Waals surface area contributed by atoms with Crippen molar-refractivity contribution in [2.45, 2.75) is 6.54 Å². The summed E-state index contributed by atoms with van der Waals surface area (Å²) in [6, 6.07) is 0. The fourth-order valence-electron chi connectivity index (χ4n) is 0.604. The molecule has 66 valence electrons. The number of nitrogens with zero attached hydrogens (tertiary/aromatic N) is 4. The molecule has 0 fully saturated rings. The molecule has 0 aliphatic carbocycles. The van der Waals surface area contributed by atoms with E-state index in [1.807, 2.05) is 0 Å². The lowest BCUT2D eigenvalue weighted by molar-refractivity contribution is 0.151. The summed E-state index contributed by atoms with van der Waals surface area (Å²) in [6.07, 6.45) is -0.832. The molecule has 0 aliphatic heterocycles. The second kappa shape index (κ2) is 3.51. The van der Waals surface area contributed by atoms with E-state index in [0.717, 1.165) is 0 Å². The molecule has 4 N–H and O–H groups in total. The maximum atomic E-state index is 10.1. The van der Waals surface area contributed by atoms with Gasteiger partial charge in [0, 0.05) is 0 Å². The molecule has 1 amide bonds. The summed E-state index contributed by atoms with van der Waals surface area (Å²) < 4.78 is 5.73. The molecule has 0 aliphatic rings. The molecular weight excluding hydrogens is 164 g/mol. The summed E-state index contributed by atoms with van der Waals surface area (Å²) in [6.45, 7) is 0.395. The van der Waals surface area contributed by atoms with E-state index in [0.29, 0.717) is 6.54 Å². The minimum Gasteiger partial charge on any atom is -0.448 e. The summed E-state index contributed by atoms with van der Waals surface area (Å²) in [5.74, 6) is 0.170. The number of carbonyl (C=O) groups is 1. The number of tetrazole rings is 1. The third-order valence-electron chi connectivity index (χ3n) is 1.11. The van der Waals surface area contributed by atoms with Crippen LogP contribution >= 0.6 is 0 Å². The third kappa shape index (κ3) is 2.08. The zero-order valence-electron chi connectivity index (χ0n) is 6.17. The predicted molar refractivity (Wildman–Crippen MR) is 37.8 cm³/mol. The first-order chi connectivity index (χ1) is 5.70. The number of hydrogen-bond donors (Lipinski definition) is 2. The zero-order valence-corrected chi connectivity index (χ0v) is 6.17. The van der Waals surface area contributed by atoms with Gasteiger partial charge in [0.25, 0.3) is 0 Å². The number of amides is 1. The van der Waals surface area contributed by atoms with E-state index < -0.39 is 6.09 Å². The van der Waals surface area contributed by atoms with Crippen LogP contribution in [0.5, 0.6) is 0 Å². The third-order valence-corrected chi connectivity index (χ3v) is 1.11. The maximum absolute atomic E-state index is 10.1. The van der Waals surface area contributed by atoms with Crippen LogP contribution in [0.25, 0.3) is 0 Å². The topological polar surface area (TPSA) is 122 Å². The molecule has 0 unspecified atom stereocenters. The van der Waals surface area contributed by atoms with Crippen LogP contribution in [0.1, 0.15) is 0 Å². The van der Waals surface area contributed by atoms with Crippen LogP contribution < -0.4 is 11.5 Å². The first kappa shape index (κ1) is 8.24. The molecule has 0 aromatic carbocycles. The average Bonchev–Trinajstić information content (AvgIpc) is 2.36. The van der Waals surface area contributed by atoms with E-state index in [1.54, 1.807) is 0 Å². The lowest BCUT2D eigenvalue weighted by Gasteiger charge is -2.00. The van der Waals surface area contributed by atoms with Crippen LogP contribution in [0, 0.1) is 0 Å². The molecule has 0 spiro atoms. The van der Waals surface area contributed by atoms with E-state index >= 15 is 0 Å². The number of hydrogen-bond acceptors (Lipinski definition) is 6. The van der Waals surface area contributed by atoms with Crippen LogP contribution in [-0.4, -0.2) is 32.9 Å². The fourth-order valence-corrected chi connectivity index (χ4v) is 0.604. The molecular formula is C4H8N6O2.